The monoisotopic (exact) mass is 373 g/mol. The molecular formula is C21H27NO3S. The lowest BCUT2D eigenvalue weighted by Gasteiger charge is -2.10. The van der Waals surface area contributed by atoms with Crippen LogP contribution in [0.2, 0.25) is 0 Å². The van der Waals surface area contributed by atoms with Crippen molar-refractivity contribution >= 4 is 17.7 Å². The third-order valence-electron chi connectivity index (χ3n) is 4.01. The lowest BCUT2D eigenvalue weighted by Crippen LogP contribution is -2.25. The minimum Gasteiger partial charge on any atom is -0.493 e. The van der Waals surface area contributed by atoms with Crippen molar-refractivity contribution in [2.45, 2.75) is 25.5 Å². The maximum atomic E-state index is 12.0. The standard InChI is InChI=1S/C21H27NO3S/c1-16-5-4-6-18(13-16)15-26-12-11-22-21(23)10-8-17-7-9-19(24-2)20(14-17)25-3/h4-7,9,13-14H,8,10-12,15H2,1-3H3,(H,22,23). The van der Waals surface area contributed by atoms with Crippen LogP contribution in [0.1, 0.15) is 23.1 Å². The van der Waals surface area contributed by atoms with Crippen LogP contribution in [0.15, 0.2) is 42.5 Å². The number of aryl methyl sites for hydroxylation is 2. The first-order valence-electron chi connectivity index (χ1n) is 8.73. The molecular weight excluding hydrogens is 346 g/mol. The van der Waals surface area contributed by atoms with E-state index in [-0.39, 0.29) is 5.91 Å². The van der Waals surface area contributed by atoms with Crippen LogP contribution in [0.5, 0.6) is 11.5 Å². The summed E-state index contributed by atoms with van der Waals surface area (Å²) < 4.78 is 10.5. The number of hydrogen-bond donors (Lipinski definition) is 1. The van der Waals surface area contributed by atoms with E-state index in [1.807, 2.05) is 30.0 Å². The summed E-state index contributed by atoms with van der Waals surface area (Å²) in [6, 6.07) is 14.3. The largest absolute Gasteiger partial charge is 0.493 e. The lowest BCUT2D eigenvalue weighted by atomic mass is 10.1. The van der Waals surface area contributed by atoms with Crippen LogP contribution in [-0.4, -0.2) is 32.4 Å². The zero-order chi connectivity index (χ0) is 18.8. The summed E-state index contributed by atoms with van der Waals surface area (Å²) in [4.78, 5) is 12.0. The van der Waals surface area contributed by atoms with Crippen LogP contribution < -0.4 is 14.8 Å². The predicted molar refractivity (Wildman–Crippen MR) is 108 cm³/mol. The van der Waals surface area contributed by atoms with E-state index >= 15 is 0 Å². The van der Waals surface area contributed by atoms with E-state index in [2.05, 4.69) is 36.5 Å². The maximum Gasteiger partial charge on any atom is 0.220 e. The van der Waals surface area contributed by atoms with Gasteiger partial charge in [-0.15, -0.1) is 0 Å². The smallest absolute Gasteiger partial charge is 0.220 e. The van der Waals surface area contributed by atoms with E-state index in [0.717, 1.165) is 17.1 Å². The van der Waals surface area contributed by atoms with Crippen molar-refractivity contribution in [3.05, 3.63) is 59.2 Å². The van der Waals surface area contributed by atoms with Gasteiger partial charge in [0.15, 0.2) is 11.5 Å². The topological polar surface area (TPSA) is 47.6 Å². The quantitative estimate of drug-likeness (QED) is 0.640. The normalized spacial score (nSPS) is 10.4. The minimum atomic E-state index is 0.0796. The first-order chi connectivity index (χ1) is 12.6. The van der Waals surface area contributed by atoms with E-state index in [4.69, 9.17) is 9.47 Å². The van der Waals surface area contributed by atoms with E-state index in [1.54, 1.807) is 14.2 Å². The predicted octanol–water partition coefficient (Wildman–Crippen LogP) is 3.99. The van der Waals surface area contributed by atoms with E-state index in [0.29, 0.717) is 30.9 Å². The van der Waals surface area contributed by atoms with Gasteiger partial charge in [0.2, 0.25) is 5.91 Å². The fourth-order valence-electron chi connectivity index (χ4n) is 2.64. The molecule has 4 nitrogen and oxygen atoms in total. The van der Waals surface area contributed by atoms with Gasteiger partial charge in [0.05, 0.1) is 14.2 Å². The molecule has 0 fully saturated rings. The second-order valence-corrected chi connectivity index (χ2v) is 7.19. The number of benzene rings is 2. The highest BCUT2D eigenvalue weighted by molar-refractivity contribution is 7.98. The molecule has 0 saturated heterocycles. The van der Waals surface area contributed by atoms with Crippen molar-refractivity contribution in [2.24, 2.45) is 0 Å². The van der Waals surface area contributed by atoms with Crippen LogP contribution in [0, 0.1) is 6.92 Å². The molecule has 0 aliphatic carbocycles. The maximum absolute atomic E-state index is 12.0. The van der Waals surface area contributed by atoms with Crippen molar-refractivity contribution in [3.8, 4) is 11.5 Å². The highest BCUT2D eigenvalue weighted by Gasteiger charge is 2.07. The highest BCUT2D eigenvalue weighted by atomic mass is 32.2. The molecule has 0 aliphatic rings. The van der Waals surface area contributed by atoms with Crippen molar-refractivity contribution in [3.63, 3.8) is 0 Å². The Balaban J connectivity index is 1.64. The Morgan fingerprint density at radius 3 is 2.58 bits per heavy atom. The summed E-state index contributed by atoms with van der Waals surface area (Å²) in [5.74, 6) is 3.36. The molecule has 5 heteroatoms. The highest BCUT2D eigenvalue weighted by Crippen LogP contribution is 2.27. The molecule has 0 heterocycles. The van der Waals surface area contributed by atoms with E-state index in [1.165, 1.54) is 11.1 Å². The van der Waals surface area contributed by atoms with Crippen LogP contribution in [0.4, 0.5) is 0 Å². The van der Waals surface area contributed by atoms with Crippen LogP contribution in [-0.2, 0) is 17.0 Å². The van der Waals surface area contributed by atoms with Gasteiger partial charge in [-0.2, -0.15) is 11.8 Å². The van der Waals surface area contributed by atoms with Crippen LogP contribution >= 0.6 is 11.8 Å². The summed E-state index contributed by atoms with van der Waals surface area (Å²) in [5.41, 5.74) is 3.67. The minimum absolute atomic E-state index is 0.0796. The number of ether oxygens (including phenoxy) is 2. The zero-order valence-electron chi connectivity index (χ0n) is 15.7. The molecule has 0 aromatic heterocycles. The molecule has 0 radical (unpaired) electrons. The molecule has 0 spiro atoms. The number of carbonyl (C=O) groups is 1. The van der Waals surface area contributed by atoms with Crippen molar-refractivity contribution in [2.75, 3.05) is 26.5 Å². The Kier molecular flexibility index (Phi) is 8.35. The van der Waals surface area contributed by atoms with E-state index < -0.39 is 0 Å². The van der Waals surface area contributed by atoms with Crippen molar-refractivity contribution in [1.29, 1.82) is 0 Å². The molecule has 2 aromatic carbocycles. The molecule has 140 valence electrons. The average molecular weight is 374 g/mol. The van der Waals surface area contributed by atoms with Gasteiger partial charge < -0.3 is 14.8 Å². The molecule has 0 saturated carbocycles. The van der Waals surface area contributed by atoms with Crippen molar-refractivity contribution < 1.29 is 14.3 Å². The molecule has 1 N–H and O–H groups in total. The van der Waals surface area contributed by atoms with Crippen LogP contribution in [0.25, 0.3) is 0 Å². The number of hydrogen-bond acceptors (Lipinski definition) is 4. The molecule has 0 atom stereocenters. The summed E-state index contributed by atoms with van der Waals surface area (Å²) in [5, 5.41) is 2.99. The molecule has 1 amide bonds. The van der Waals surface area contributed by atoms with Crippen LogP contribution in [0.3, 0.4) is 0 Å². The number of rotatable bonds is 10. The summed E-state index contributed by atoms with van der Waals surface area (Å²) >= 11 is 1.84. The third-order valence-corrected chi connectivity index (χ3v) is 5.04. The Bertz CT molecular complexity index is 718. The number of thioether (sulfide) groups is 1. The fourth-order valence-corrected chi connectivity index (χ4v) is 3.44. The third kappa shape index (κ3) is 6.64. The zero-order valence-corrected chi connectivity index (χ0v) is 16.5. The van der Waals surface area contributed by atoms with Crippen molar-refractivity contribution in [1.82, 2.24) is 5.32 Å². The Hall–Kier alpha value is -2.14. The van der Waals surface area contributed by atoms with Gasteiger partial charge in [-0.3, -0.25) is 4.79 Å². The number of nitrogens with one attached hydrogen (secondary N) is 1. The molecule has 0 unspecified atom stereocenters. The lowest BCUT2D eigenvalue weighted by molar-refractivity contribution is -0.120. The second-order valence-electron chi connectivity index (χ2n) is 6.08. The van der Waals surface area contributed by atoms with Gasteiger partial charge in [0, 0.05) is 24.5 Å². The van der Waals surface area contributed by atoms with Gasteiger partial charge in [0.25, 0.3) is 0 Å². The van der Waals surface area contributed by atoms with Gasteiger partial charge in [-0.05, 0) is 36.6 Å². The average Bonchev–Trinajstić information content (AvgIpc) is 2.65. The fraction of sp³-hybridized carbons (Fsp3) is 0.381. The number of carbonyl (C=O) groups excluding carboxylic acids is 1. The van der Waals surface area contributed by atoms with Gasteiger partial charge in [-0.1, -0.05) is 35.9 Å². The summed E-state index contributed by atoms with van der Waals surface area (Å²) in [7, 11) is 3.23. The first-order valence-corrected chi connectivity index (χ1v) is 9.88. The van der Waals surface area contributed by atoms with E-state index in [9.17, 15) is 4.79 Å². The Morgan fingerprint density at radius 2 is 1.85 bits per heavy atom. The Labute approximate surface area is 160 Å². The molecule has 2 rings (SSSR count). The summed E-state index contributed by atoms with van der Waals surface area (Å²) in [6.07, 6.45) is 1.15. The second kappa shape index (κ2) is 10.8. The number of amides is 1. The Morgan fingerprint density at radius 1 is 1.04 bits per heavy atom. The molecule has 0 bridgehead atoms. The molecule has 0 aliphatic heterocycles. The summed E-state index contributed by atoms with van der Waals surface area (Å²) in [6.45, 7) is 2.80. The first kappa shape index (κ1) is 20.2. The number of methoxy groups -OCH3 is 2. The molecule has 26 heavy (non-hydrogen) atoms. The SMILES string of the molecule is COc1ccc(CCC(=O)NCCSCc2cccc(C)c2)cc1OC. The van der Waals surface area contributed by atoms with Gasteiger partial charge in [-0.25, -0.2) is 0 Å². The van der Waals surface area contributed by atoms with Gasteiger partial charge in [0.1, 0.15) is 0 Å². The molecule has 2 aromatic rings. The van der Waals surface area contributed by atoms with Gasteiger partial charge >= 0.3 is 0 Å².